The zero-order valence-corrected chi connectivity index (χ0v) is 19.2. The van der Waals surface area contributed by atoms with Gasteiger partial charge in [0, 0.05) is 30.3 Å². The Bertz CT molecular complexity index is 835. The number of hydrogen-bond donors (Lipinski definition) is 1. The third-order valence-corrected chi connectivity index (χ3v) is 5.67. The number of nitrogens with one attached hydrogen (secondary N) is 1. The lowest BCUT2D eigenvalue weighted by Crippen LogP contribution is -2.38. The summed E-state index contributed by atoms with van der Waals surface area (Å²) in [6, 6.07) is 10.1. The summed E-state index contributed by atoms with van der Waals surface area (Å²) >= 11 is 1.49. The highest BCUT2D eigenvalue weighted by Crippen LogP contribution is 2.19. The van der Waals surface area contributed by atoms with E-state index in [2.05, 4.69) is 34.3 Å². The molecule has 0 saturated heterocycles. The smallest absolute Gasteiger partial charge is 0.306 e. The number of nitrogens with zero attached hydrogens (tertiary/aromatic N) is 2. The van der Waals surface area contributed by atoms with Gasteiger partial charge in [-0.3, -0.25) is 9.59 Å². The Morgan fingerprint density at radius 2 is 1.77 bits per heavy atom. The van der Waals surface area contributed by atoms with Gasteiger partial charge in [0.05, 0.1) is 0 Å². The molecule has 1 amide bonds. The summed E-state index contributed by atoms with van der Waals surface area (Å²) in [5.41, 5.74) is 3.88. The Balaban J connectivity index is 1.83. The Kier molecular flexibility index (Phi) is 9.30. The molecular formula is C23H31N3O3S. The molecule has 0 aliphatic carbocycles. The average molecular weight is 430 g/mol. The summed E-state index contributed by atoms with van der Waals surface area (Å²) in [5.74, 6) is -0.452. The first-order valence-electron chi connectivity index (χ1n) is 10.3. The second kappa shape index (κ2) is 11.7. The number of hydrogen-bond acceptors (Lipinski definition) is 6. The summed E-state index contributed by atoms with van der Waals surface area (Å²) < 4.78 is 5.33. The van der Waals surface area contributed by atoms with Crippen molar-refractivity contribution in [1.82, 2.24) is 15.3 Å². The van der Waals surface area contributed by atoms with Crippen LogP contribution in [0, 0.1) is 13.8 Å². The van der Waals surface area contributed by atoms with Crippen LogP contribution in [-0.2, 0) is 20.7 Å². The SMILES string of the molecule is CC[C@@H](CNC(=O)[C@H](C)OC(=O)CCc1c(C)nc(SC)nc1C)c1ccccc1. The monoisotopic (exact) mass is 429 g/mol. The van der Waals surface area contributed by atoms with Crippen molar-refractivity contribution in [3.05, 3.63) is 52.8 Å². The molecule has 1 aromatic carbocycles. The lowest BCUT2D eigenvalue weighted by molar-refractivity contribution is -0.154. The zero-order valence-electron chi connectivity index (χ0n) is 18.4. The quantitative estimate of drug-likeness (QED) is 0.349. The van der Waals surface area contributed by atoms with E-state index in [1.54, 1.807) is 6.92 Å². The molecule has 2 aromatic rings. The minimum Gasteiger partial charge on any atom is -0.453 e. The van der Waals surface area contributed by atoms with Gasteiger partial charge in [-0.05, 0) is 51.0 Å². The third-order valence-electron chi connectivity index (χ3n) is 5.13. The minimum absolute atomic E-state index is 0.183. The molecule has 0 aliphatic rings. The molecule has 0 unspecified atom stereocenters. The number of thioether (sulfide) groups is 1. The van der Waals surface area contributed by atoms with Gasteiger partial charge in [0.25, 0.3) is 5.91 Å². The van der Waals surface area contributed by atoms with Crippen LogP contribution in [0.5, 0.6) is 0 Å². The van der Waals surface area contributed by atoms with Gasteiger partial charge in [-0.25, -0.2) is 9.97 Å². The van der Waals surface area contributed by atoms with E-state index in [1.807, 2.05) is 38.3 Å². The highest BCUT2D eigenvalue weighted by atomic mass is 32.2. The molecule has 2 rings (SSSR count). The van der Waals surface area contributed by atoms with Gasteiger partial charge in [-0.1, -0.05) is 49.0 Å². The maximum absolute atomic E-state index is 12.4. The van der Waals surface area contributed by atoms with Crippen molar-refractivity contribution < 1.29 is 14.3 Å². The Morgan fingerprint density at radius 3 is 2.33 bits per heavy atom. The zero-order chi connectivity index (χ0) is 22.1. The second-order valence-corrected chi connectivity index (χ2v) is 8.03. The van der Waals surface area contributed by atoms with Crippen molar-refractivity contribution in [2.45, 2.75) is 64.1 Å². The fourth-order valence-electron chi connectivity index (χ4n) is 3.29. The number of carbonyl (C=O) groups excluding carboxylic acids is 2. The molecule has 6 nitrogen and oxygen atoms in total. The first-order chi connectivity index (χ1) is 14.3. The standard InChI is InChI=1S/C23H31N3O3S/c1-6-18(19-10-8-7-9-11-19)14-24-22(28)17(4)29-21(27)13-12-20-15(2)25-23(30-5)26-16(20)3/h7-11,17-18H,6,12-14H2,1-5H3,(H,24,28)/t17-,18-/m0/s1. The molecule has 1 N–H and O–H groups in total. The summed E-state index contributed by atoms with van der Waals surface area (Å²) in [4.78, 5) is 33.5. The fraction of sp³-hybridized carbons (Fsp3) is 0.478. The van der Waals surface area contributed by atoms with Crippen molar-refractivity contribution in [3.63, 3.8) is 0 Å². The van der Waals surface area contributed by atoms with E-state index in [4.69, 9.17) is 4.74 Å². The molecule has 7 heteroatoms. The lowest BCUT2D eigenvalue weighted by Gasteiger charge is -2.18. The number of esters is 1. The van der Waals surface area contributed by atoms with Gasteiger partial charge in [-0.2, -0.15) is 0 Å². The molecule has 30 heavy (non-hydrogen) atoms. The highest BCUT2D eigenvalue weighted by molar-refractivity contribution is 7.98. The Labute approximate surface area is 183 Å². The molecular weight excluding hydrogens is 398 g/mol. The van der Waals surface area contributed by atoms with Gasteiger partial charge < -0.3 is 10.1 Å². The summed E-state index contributed by atoms with van der Waals surface area (Å²) in [6.07, 6.45) is 2.69. The fourth-order valence-corrected chi connectivity index (χ4v) is 3.75. The van der Waals surface area contributed by atoms with Crippen LogP contribution in [0.4, 0.5) is 0 Å². The number of amides is 1. The van der Waals surface area contributed by atoms with E-state index in [9.17, 15) is 9.59 Å². The van der Waals surface area contributed by atoms with Gasteiger partial charge in [0.1, 0.15) is 0 Å². The van der Waals surface area contributed by atoms with Gasteiger partial charge in [-0.15, -0.1) is 0 Å². The first kappa shape index (κ1) is 23.9. The van der Waals surface area contributed by atoms with Crippen LogP contribution < -0.4 is 5.32 Å². The molecule has 0 radical (unpaired) electrons. The van der Waals surface area contributed by atoms with E-state index < -0.39 is 12.1 Å². The molecule has 1 aromatic heterocycles. The van der Waals surface area contributed by atoms with Crippen LogP contribution in [0.25, 0.3) is 0 Å². The predicted molar refractivity (Wildman–Crippen MR) is 120 cm³/mol. The molecule has 0 fully saturated rings. The molecule has 0 aliphatic heterocycles. The molecule has 0 bridgehead atoms. The van der Waals surface area contributed by atoms with Crippen LogP contribution >= 0.6 is 11.8 Å². The maximum Gasteiger partial charge on any atom is 0.306 e. The van der Waals surface area contributed by atoms with Crippen LogP contribution in [-0.4, -0.2) is 40.7 Å². The predicted octanol–water partition coefficient (Wildman–Crippen LogP) is 3.99. The Hall–Kier alpha value is -2.41. The van der Waals surface area contributed by atoms with E-state index in [-0.39, 0.29) is 18.2 Å². The van der Waals surface area contributed by atoms with Gasteiger partial charge >= 0.3 is 5.97 Å². The summed E-state index contributed by atoms with van der Waals surface area (Å²) in [6.45, 7) is 8.04. The number of aromatic nitrogens is 2. The highest BCUT2D eigenvalue weighted by Gasteiger charge is 2.20. The number of aryl methyl sites for hydroxylation is 2. The van der Waals surface area contributed by atoms with Crippen LogP contribution in [0.1, 0.15) is 55.1 Å². The van der Waals surface area contributed by atoms with Crippen molar-refractivity contribution in [2.24, 2.45) is 0 Å². The average Bonchev–Trinajstić information content (AvgIpc) is 2.73. The van der Waals surface area contributed by atoms with Gasteiger partial charge in [0.15, 0.2) is 11.3 Å². The third kappa shape index (κ3) is 6.83. The van der Waals surface area contributed by atoms with Crippen LogP contribution in [0.2, 0.25) is 0 Å². The normalized spacial score (nSPS) is 12.8. The minimum atomic E-state index is -0.830. The van der Waals surface area contributed by atoms with Gasteiger partial charge in [0.2, 0.25) is 0 Å². The summed E-state index contributed by atoms with van der Waals surface area (Å²) in [7, 11) is 0. The number of carbonyl (C=O) groups is 2. The second-order valence-electron chi connectivity index (χ2n) is 7.25. The van der Waals surface area contributed by atoms with Crippen molar-refractivity contribution >= 4 is 23.6 Å². The largest absolute Gasteiger partial charge is 0.453 e. The summed E-state index contributed by atoms with van der Waals surface area (Å²) in [5, 5.41) is 3.63. The maximum atomic E-state index is 12.4. The molecule has 162 valence electrons. The van der Waals surface area contributed by atoms with E-state index in [0.29, 0.717) is 13.0 Å². The topological polar surface area (TPSA) is 81.2 Å². The van der Waals surface area contributed by atoms with E-state index in [1.165, 1.54) is 17.3 Å². The number of ether oxygens (including phenoxy) is 1. The van der Waals surface area contributed by atoms with E-state index in [0.717, 1.165) is 28.5 Å². The van der Waals surface area contributed by atoms with Crippen molar-refractivity contribution in [2.75, 3.05) is 12.8 Å². The van der Waals surface area contributed by atoms with Crippen molar-refractivity contribution in [1.29, 1.82) is 0 Å². The van der Waals surface area contributed by atoms with E-state index >= 15 is 0 Å². The number of rotatable bonds is 10. The number of benzene rings is 1. The molecule has 2 atom stereocenters. The van der Waals surface area contributed by atoms with Crippen LogP contribution in [0.3, 0.4) is 0 Å². The first-order valence-corrected chi connectivity index (χ1v) is 11.5. The molecule has 1 heterocycles. The van der Waals surface area contributed by atoms with Crippen LogP contribution in [0.15, 0.2) is 35.5 Å². The Morgan fingerprint density at radius 1 is 1.13 bits per heavy atom. The van der Waals surface area contributed by atoms with Crippen molar-refractivity contribution in [3.8, 4) is 0 Å². The lowest BCUT2D eigenvalue weighted by atomic mass is 9.96. The molecule has 0 spiro atoms. The molecule has 0 saturated carbocycles.